The van der Waals surface area contributed by atoms with Crippen molar-refractivity contribution in [3.8, 4) is 18.1 Å². The number of benzene rings is 1. The Bertz CT molecular complexity index is 1250. The van der Waals surface area contributed by atoms with E-state index >= 15 is 0 Å². The number of nitrogens with one attached hydrogen (secondary N) is 2. The number of aromatic nitrogens is 2. The van der Waals surface area contributed by atoms with E-state index in [-0.39, 0.29) is 30.1 Å². The van der Waals surface area contributed by atoms with Crippen LogP contribution in [0.2, 0.25) is 0 Å². The highest BCUT2D eigenvalue weighted by Gasteiger charge is 2.46. The fraction of sp³-hybridized carbons (Fsp3) is 0.423. The maximum absolute atomic E-state index is 13.2. The molecule has 4 heterocycles. The van der Waals surface area contributed by atoms with Gasteiger partial charge in [0.25, 0.3) is 11.8 Å². The predicted octanol–water partition coefficient (Wildman–Crippen LogP) is 0.618. The molecule has 2 aromatic rings. The van der Waals surface area contributed by atoms with Gasteiger partial charge in [-0.15, -0.1) is 11.1 Å². The maximum atomic E-state index is 13.2. The zero-order valence-corrected chi connectivity index (χ0v) is 19.9. The van der Waals surface area contributed by atoms with Crippen LogP contribution in [0.1, 0.15) is 58.4 Å². The summed E-state index contributed by atoms with van der Waals surface area (Å²) in [6.07, 6.45) is 11.9. The first-order valence-electron chi connectivity index (χ1n) is 12.2. The van der Waals surface area contributed by atoms with Gasteiger partial charge >= 0.3 is 0 Å². The SMILES string of the molecule is C#Cc1c[nH][n+](CCCN2CCC(Oc3cccc4c3C(=O)N(C3CCC(=O)NC3=O)C4=O)CC2)c1. The van der Waals surface area contributed by atoms with Gasteiger partial charge in [0.1, 0.15) is 23.5 Å². The molecule has 0 bridgehead atoms. The normalized spacial score (nSPS) is 20.9. The summed E-state index contributed by atoms with van der Waals surface area (Å²) in [6, 6.07) is 3.97. The van der Waals surface area contributed by atoms with Crippen LogP contribution in [0, 0.1) is 12.3 Å². The molecule has 1 unspecified atom stereocenters. The molecular weight excluding hydrogens is 462 g/mol. The summed E-state index contributed by atoms with van der Waals surface area (Å²) in [5, 5.41) is 5.34. The lowest BCUT2D eigenvalue weighted by atomic mass is 10.0. The second-order valence-electron chi connectivity index (χ2n) is 9.33. The van der Waals surface area contributed by atoms with Crippen LogP contribution < -0.4 is 14.7 Å². The van der Waals surface area contributed by atoms with E-state index < -0.39 is 29.7 Å². The Kier molecular flexibility index (Phi) is 6.57. The van der Waals surface area contributed by atoms with Crippen LogP contribution in [0.15, 0.2) is 30.6 Å². The van der Waals surface area contributed by atoms with Crippen molar-refractivity contribution in [3.63, 3.8) is 0 Å². The first-order valence-corrected chi connectivity index (χ1v) is 12.2. The van der Waals surface area contributed by atoms with Crippen LogP contribution in [0.25, 0.3) is 0 Å². The third kappa shape index (κ3) is 4.62. The molecule has 186 valence electrons. The van der Waals surface area contributed by atoms with Crippen LogP contribution in [0.3, 0.4) is 0 Å². The summed E-state index contributed by atoms with van der Waals surface area (Å²) in [6.45, 7) is 3.56. The van der Waals surface area contributed by atoms with Crippen LogP contribution >= 0.6 is 0 Å². The van der Waals surface area contributed by atoms with Gasteiger partial charge in [-0.1, -0.05) is 12.0 Å². The van der Waals surface area contributed by atoms with Crippen molar-refractivity contribution >= 4 is 23.6 Å². The molecule has 0 aliphatic carbocycles. The summed E-state index contributed by atoms with van der Waals surface area (Å²) in [5.41, 5.74) is 1.26. The van der Waals surface area contributed by atoms with E-state index in [2.05, 4.69) is 21.2 Å². The van der Waals surface area contributed by atoms with Gasteiger partial charge in [0.15, 0.2) is 6.54 Å². The van der Waals surface area contributed by atoms with Gasteiger partial charge in [0.05, 0.1) is 17.3 Å². The number of aromatic amines is 1. The van der Waals surface area contributed by atoms with E-state index in [1.165, 1.54) is 0 Å². The number of hydrogen-bond donors (Lipinski definition) is 2. The van der Waals surface area contributed by atoms with Gasteiger partial charge in [-0.3, -0.25) is 29.4 Å². The average molecular weight is 491 g/mol. The smallest absolute Gasteiger partial charge is 0.266 e. The number of H-pyrrole nitrogens is 1. The van der Waals surface area contributed by atoms with Crippen LogP contribution in [-0.2, 0) is 16.1 Å². The molecule has 2 N–H and O–H groups in total. The number of carbonyl (C=O) groups is 4. The average Bonchev–Trinajstić information content (AvgIpc) is 3.43. The third-order valence-electron chi connectivity index (χ3n) is 6.98. The lowest BCUT2D eigenvalue weighted by Gasteiger charge is -2.32. The maximum Gasteiger partial charge on any atom is 0.266 e. The molecule has 4 amide bonds. The van der Waals surface area contributed by atoms with Gasteiger partial charge in [-0.25, -0.2) is 0 Å². The number of nitrogens with zero attached hydrogens (tertiary/aromatic N) is 3. The quantitative estimate of drug-likeness (QED) is 0.334. The number of fused-ring (bicyclic) bond motifs is 1. The Hall–Kier alpha value is -3.97. The molecule has 10 nitrogen and oxygen atoms in total. The van der Waals surface area contributed by atoms with Gasteiger partial charge in [-0.05, 0) is 31.4 Å². The Labute approximate surface area is 208 Å². The van der Waals surface area contributed by atoms with Crippen molar-refractivity contribution in [2.75, 3.05) is 19.6 Å². The molecule has 1 aromatic carbocycles. The predicted molar refractivity (Wildman–Crippen MR) is 127 cm³/mol. The number of amides is 4. The van der Waals surface area contributed by atoms with E-state index in [0.29, 0.717) is 5.75 Å². The van der Waals surface area contributed by atoms with Gasteiger partial charge < -0.3 is 9.64 Å². The monoisotopic (exact) mass is 490 g/mol. The van der Waals surface area contributed by atoms with Crippen molar-refractivity contribution in [1.82, 2.24) is 20.2 Å². The highest BCUT2D eigenvalue weighted by Crippen LogP contribution is 2.34. The molecule has 10 heteroatoms. The fourth-order valence-electron chi connectivity index (χ4n) is 5.08. The third-order valence-corrected chi connectivity index (χ3v) is 6.98. The molecule has 0 spiro atoms. The molecule has 2 fully saturated rings. The number of piperidine rings is 2. The van der Waals surface area contributed by atoms with Crippen molar-refractivity contribution in [2.45, 2.75) is 50.8 Å². The summed E-state index contributed by atoms with van der Waals surface area (Å²) >= 11 is 0. The minimum absolute atomic E-state index is 0.0729. The van der Waals surface area contributed by atoms with Crippen molar-refractivity contribution < 1.29 is 28.6 Å². The molecule has 3 aliphatic rings. The molecule has 2 saturated heterocycles. The summed E-state index contributed by atoms with van der Waals surface area (Å²) in [7, 11) is 0. The van der Waals surface area contributed by atoms with Crippen molar-refractivity contribution in [2.24, 2.45) is 0 Å². The van der Waals surface area contributed by atoms with Crippen LogP contribution in [-0.4, -0.2) is 70.3 Å². The van der Waals surface area contributed by atoms with Crippen LogP contribution in [0.4, 0.5) is 0 Å². The molecule has 0 saturated carbocycles. The number of aryl methyl sites for hydroxylation is 1. The lowest BCUT2D eigenvalue weighted by molar-refractivity contribution is -0.750. The highest BCUT2D eigenvalue weighted by atomic mass is 16.5. The van der Waals surface area contributed by atoms with Crippen molar-refractivity contribution in [1.29, 1.82) is 0 Å². The Balaban J connectivity index is 1.17. The van der Waals surface area contributed by atoms with Gasteiger partial charge in [0.2, 0.25) is 18.0 Å². The Morgan fingerprint density at radius 3 is 2.64 bits per heavy atom. The molecule has 3 aliphatic heterocycles. The molecule has 36 heavy (non-hydrogen) atoms. The van der Waals surface area contributed by atoms with Gasteiger partial charge in [0, 0.05) is 32.5 Å². The number of rotatable bonds is 7. The molecule has 0 radical (unpaired) electrons. The standard InChI is InChI=1S/C26H27N5O5/c1-2-17-15-27-30(16-17)12-4-11-29-13-9-18(10-14-29)36-21-6-3-5-19-23(21)26(35)31(25(19)34)20-7-8-22(32)28-24(20)33/h1,3,5-6,15-16,18,20H,4,7-14H2,(H,28,32,33)/p+1. The minimum Gasteiger partial charge on any atom is -0.489 e. The van der Waals surface area contributed by atoms with Gasteiger partial charge in [-0.2, -0.15) is 5.10 Å². The largest absolute Gasteiger partial charge is 0.489 e. The second kappa shape index (κ2) is 9.95. The summed E-state index contributed by atoms with van der Waals surface area (Å²) in [5.74, 6) is 0.874. The number of ether oxygens (including phenoxy) is 1. The van der Waals surface area contributed by atoms with Crippen molar-refractivity contribution in [3.05, 3.63) is 47.3 Å². The first kappa shape index (κ1) is 23.8. The van der Waals surface area contributed by atoms with E-state index in [1.807, 2.05) is 17.1 Å². The summed E-state index contributed by atoms with van der Waals surface area (Å²) < 4.78 is 8.21. The second-order valence-corrected chi connectivity index (χ2v) is 9.33. The first-order chi connectivity index (χ1) is 17.4. The Morgan fingerprint density at radius 2 is 1.92 bits per heavy atom. The number of imide groups is 2. The zero-order chi connectivity index (χ0) is 25.2. The molecule has 5 rings (SSSR count). The van der Waals surface area contributed by atoms with E-state index in [0.717, 1.165) is 55.9 Å². The van der Waals surface area contributed by atoms with Crippen LogP contribution in [0.5, 0.6) is 5.75 Å². The van der Waals surface area contributed by atoms with E-state index in [1.54, 1.807) is 18.2 Å². The number of hydrogen-bond acceptors (Lipinski definition) is 6. The summed E-state index contributed by atoms with van der Waals surface area (Å²) in [4.78, 5) is 53.4. The number of terminal acetylenes is 1. The minimum atomic E-state index is -0.992. The topological polar surface area (TPSA) is 116 Å². The molecule has 1 aromatic heterocycles. The lowest BCUT2D eigenvalue weighted by Crippen LogP contribution is -2.54. The molecule has 1 atom stereocenters. The van der Waals surface area contributed by atoms with E-state index in [9.17, 15) is 19.2 Å². The van der Waals surface area contributed by atoms with E-state index in [4.69, 9.17) is 11.2 Å². The highest BCUT2D eigenvalue weighted by molar-refractivity contribution is 6.24. The number of likely N-dealkylation sites (tertiary alicyclic amines) is 1. The molecular formula is C26H28N5O5+. The number of carbonyl (C=O) groups excluding carboxylic acids is 4. The Morgan fingerprint density at radius 1 is 1.11 bits per heavy atom. The zero-order valence-electron chi connectivity index (χ0n) is 19.9. The fourth-order valence-corrected chi connectivity index (χ4v) is 5.08.